The largest absolute Gasteiger partial charge is 0.472 e. The van der Waals surface area contributed by atoms with Gasteiger partial charge in [0.2, 0.25) is 0 Å². The highest BCUT2D eigenvalue weighted by atomic mass is 31.2. The van der Waals surface area contributed by atoms with E-state index in [1.165, 1.54) is 96.0 Å². The van der Waals surface area contributed by atoms with Gasteiger partial charge < -0.3 is 20.1 Å². The molecule has 2 atom stereocenters. The van der Waals surface area contributed by atoms with Crippen molar-refractivity contribution in [3.8, 4) is 0 Å². The normalized spacial score (nSPS) is 13.8. The smallest absolute Gasteiger partial charge is 0.458 e. The molecule has 0 bridgehead atoms. The summed E-state index contributed by atoms with van der Waals surface area (Å²) in [6.45, 7) is 3.56. The second kappa shape index (κ2) is 36.0. The van der Waals surface area contributed by atoms with Crippen molar-refractivity contribution in [1.29, 1.82) is 0 Å². The van der Waals surface area contributed by atoms with Gasteiger partial charge in [-0.25, -0.2) is 9.36 Å². The zero-order chi connectivity index (χ0) is 36.1. The summed E-state index contributed by atoms with van der Waals surface area (Å²) >= 11 is 0. The first-order valence-corrected chi connectivity index (χ1v) is 21.0. The van der Waals surface area contributed by atoms with E-state index in [0.717, 1.165) is 51.4 Å². The minimum absolute atomic E-state index is 0.0415. The monoisotopic (exact) mass is 713 g/mol. The van der Waals surface area contributed by atoms with Crippen LogP contribution in [0.5, 0.6) is 0 Å². The van der Waals surface area contributed by atoms with Crippen molar-refractivity contribution >= 4 is 19.8 Å². The lowest BCUT2D eigenvalue weighted by Gasteiger charge is -2.19. The molecule has 0 aromatic carbocycles. The summed E-state index contributed by atoms with van der Waals surface area (Å²) in [5.41, 5.74) is 5.32. The Balaban J connectivity index is 4.33. The quantitative estimate of drug-likeness (QED) is 0.0162. The van der Waals surface area contributed by atoms with Gasteiger partial charge in [-0.1, -0.05) is 147 Å². The summed E-state index contributed by atoms with van der Waals surface area (Å²) in [5.74, 6) is -1.09. The lowest BCUT2D eigenvalue weighted by Crippen LogP contribution is -2.29. The van der Waals surface area contributed by atoms with Crippen LogP contribution in [0.3, 0.4) is 0 Å². The Morgan fingerprint density at radius 3 is 1.69 bits per heavy atom. The van der Waals surface area contributed by atoms with Crippen molar-refractivity contribution in [2.75, 3.05) is 26.4 Å². The van der Waals surface area contributed by atoms with Gasteiger partial charge in [0, 0.05) is 19.0 Å². The maximum absolute atomic E-state index is 12.5. The van der Waals surface area contributed by atoms with E-state index < -0.39 is 32.5 Å². The fourth-order valence-corrected chi connectivity index (χ4v) is 5.95. The number of carbonyl (C=O) groups excluding carboxylic acids is 2. The molecule has 0 spiro atoms. The fourth-order valence-electron chi connectivity index (χ4n) is 5.19. The van der Waals surface area contributed by atoms with Crippen LogP contribution in [0.4, 0.5) is 0 Å². The molecule has 0 rings (SSSR count). The van der Waals surface area contributed by atoms with E-state index in [0.29, 0.717) is 6.42 Å². The first kappa shape index (κ1) is 47.2. The maximum atomic E-state index is 12.5. The summed E-state index contributed by atoms with van der Waals surface area (Å²) in [4.78, 5) is 34.6. The maximum Gasteiger partial charge on any atom is 0.472 e. The second-order valence-corrected chi connectivity index (χ2v) is 14.3. The number of allylic oxidation sites excluding steroid dienone is 5. The molecular weight excluding hydrogens is 641 g/mol. The molecular formula is C39H72NO8P. The average Bonchev–Trinajstić information content (AvgIpc) is 3.08. The summed E-state index contributed by atoms with van der Waals surface area (Å²) in [7, 11) is -4.39. The molecule has 49 heavy (non-hydrogen) atoms. The number of rotatable bonds is 36. The van der Waals surface area contributed by atoms with E-state index >= 15 is 0 Å². The number of carbonyl (C=O) groups is 2. The Kier molecular flexibility index (Phi) is 34.7. The van der Waals surface area contributed by atoms with E-state index in [1.807, 2.05) is 12.2 Å². The van der Waals surface area contributed by atoms with Gasteiger partial charge in [-0.15, -0.1) is 0 Å². The first-order valence-electron chi connectivity index (χ1n) is 19.5. The molecule has 0 saturated heterocycles. The first-order chi connectivity index (χ1) is 23.8. The molecule has 0 aromatic heterocycles. The minimum Gasteiger partial charge on any atom is -0.458 e. The van der Waals surface area contributed by atoms with Crippen LogP contribution in [-0.4, -0.2) is 49.3 Å². The summed E-state index contributed by atoms with van der Waals surface area (Å²) in [5, 5.41) is 0. The number of nitrogens with two attached hydrogens (primary N) is 1. The standard InChI is InChI=1S/C39H72NO8P/c1-3-5-7-9-11-13-15-17-18-20-21-23-25-27-29-31-38(41)45-35-37(36-47-49(43,44)46-34-33-40)48-39(42)32-30-28-26-24-22-19-16-14-12-10-8-6-4-2/h14,16,25,27,29,31,37H,3-13,15,17-24,26,28,30,32-36,40H2,1-2H3,(H,43,44)/b16-14+,27-25+,31-29+/t37-/m1/s1. The van der Waals surface area contributed by atoms with Crippen LogP contribution in [0.2, 0.25) is 0 Å². The number of ether oxygens (including phenoxy) is 2. The Hall–Kier alpha value is -1.77. The van der Waals surface area contributed by atoms with Gasteiger partial charge in [0.1, 0.15) is 6.61 Å². The van der Waals surface area contributed by atoms with Crippen molar-refractivity contribution in [2.24, 2.45) is 5.73 Å². The molecule has 0 aliphatic rings. The van der Waals surface area contributed by atoms with Gasteiger partial charge in [-0.3, -0.25) is 13.8 Å². The SMILES string of the molecule is CCCCCC/C=C/CCCCCCCC(=O)O[C@H](COC(=O)/C=C/C=C/CCCCCCCCCCCCC)COP(=O)(O)OCCN. The highest BCUT2D eigenvalue weighted by Crippen LogP contribution is 2.43. The van der Waals surface area contributed by atoms with Gasteiger partial charge in [0.05, 0.1) is 13.2 Å². The Bertz CT molecular complexity index is 907. The minimum atomic E-state index is -4.39. The predicted octanol–water partition coefficient (Wildman–Crippen LogP) is 10.6. The van der Waals surface area contributed by atoms with Gasteiger partial charge >= 0.3 is 19.8 Å². The molecule has 0 aliphatic heterocycles. The molecule has 0 saturated carbocycles. The van der Waals surface area contributed by atoms with Crippen molar-refractivity contribution < 1.29 is 37.6 Å². The number of phosphoric ester groups is 1. The molecule has 0 fully saturated rings. The summed E-state index contributed by atoms with van der Waals surface area (Å²) in [6.07, 6.45) is 38.0. The lowest BCUT2D eigenvalue weighted by molar-refractivity contribution is -0.159. The van der Waals surface area contributed by atoms with E-state index in [4.69, 9.17) is 24.3 Å². The van der Waals surface area contributed by atoms with Gasteiger partial charge in [0.25, 0.3) is 0 Å². The van der Waals surface area contributed by atoms with Crippen molar-refractivity contribution in [1.82, 2.24) is 0 Å². The molecule has 0 amide bonds. The topological polar surface area (TPSA) is 134 Å². The molecule has 10 heteroatoms. The molecule has 0 aromatic rings. The van der Waals surface area contributed by atoms with Gasteiger partial charge in [-0.2, -0.15) is 0 Å². The fraction of sp³-hybridized carbons (Fsp3) is 0.795. The average molecular weight is 714 g/mol. The second-order valence-electron chi connectivity index (χ2n) is 12.9. The Morgan fingerprint density at radius 2 is 1.14 bits per heavy atom. The molecule has 3 N–H and O–H groups in total. The lowest BCUT2D eigenvalue weighted by atomic mass is 10.1. The molecule has 0 aliphatic carbocycles. The highest BCUT2D eigenvalue weighted by molar-refractivity contribution is 7.47. The van der Waals surface area contributed by atoms with Crippen LogP contribution >= 0.6 is 7.82 Å². The zero-order valence-electron chi connectivity index (χ0n) is 31.2. The number of esters is 2. The molecule has 0 heterocycles. The summed E-state index contributed by atoms with van der Waals surface area (Å²) in [6, 6.07) is 0. The van der Waals surface area contributed by atoms with Crippen LogP contribution in [0.15, 0.2) is 36.5 Å². The molecule has 9 nitrogen and oxygen atoms in total. The summed E-state index contributed by atoms with van der Waals surface area (Å²) < 4.78 is 32.5. The van der Waals surface area contributed by atoms with Gasteiger partial charge in [-0.05, 0) is 44.9 Å². The van der Waals surface area contributed by atoms with Crippen LogP contribution < -0.4 is 5.73 Å². The third-order valence-electron chi connectivity index (χ3n) is 8.10. The van der Waals surface area contributed by atoms with E-state index in [1.54, 1.807) is 6.08 Å². The molecule has 0 radical (unpaired) electrons. The van der Waals surface area contributed by atoms with E-state index in [-0.39, 0.29) is 26.2 Å². The number of hydrogen-bond acceptors (Lipinski definition) is 8. The van der Waals surface area contributed by atoms with Crippen molar-refractivity contribution in [2.45, 2.75) is 174 Å². The zero-order valence-corrected chi connectivity index (χ0v) is 32.1. The van der Waals surface area contributed by atoms with Crippen LogP contribution in [0.25, 0.3) is 0 Å². The van der Waals surface area contributed by atoms with Crippen molar-refractivity contribution in [3.63, 3.8) is 0 Å². The number of hydrogen-bond donors (Lipinski definition) is 2. The molecule has 1 unspecified atom stereocenters. The Labute approximate surface area is 299 Å². The van der Waals surface area contributed by atoms with Crippen LogP contribution in [0, 0.1) is 0 Å². The molecule has 286 valence electrons. The Morgan fingerprint density at radius 1 is 0.653 bits per heavy atom. The highest BCUT2D eigenvalue weighted by Gasteiger charge is 2.25. The van der Waals surface area contributed by atoms with Gasteiger partial charge in [0.15, 0.2) is 6.10 Å². The van der Waals surface area contributed by atoms with Crippen molar-refractivity contribution in [3.05, 3.63) is 36.5 Å². The third-order valence-corrected chi connectivity index (χ3v) is 9.09. The van der Waals surface area contributed by atoms with Crippen LogP contribution in [-0.2, 0) is 32.7 Å². The third kappa shape index (κ3) is 35.8. The predicted molar refractivity (Wildman–Crippen MR) is 201 cm³/mol. The van der Waals surface area contributed by atoms with Crippen LogP contribution in [0.1, 0.15) is 168 Å². The number of unbranched alkanes of at least 4 members (excludes halogenated alkanes) is 20. The van der Waals surface area contributed by atoms with E-state index in [2.05, 4.69) is 26.0 Å². The number of phosphoric acid groups is 1. The van der Waals surface area contributed by atoms with E-state index in [9.17, 15) is 19.0 Å².